The zero-order valence-corrected chi connectivity index (χ0v) is 17.5. The van der Waals surface area contributed by atoms with E-state index in [9.17, 15) is 14.4 Å². The molecule has 1 N–H and O–H groups in total. The molecule has 1 fully saturated rings. The Hall–Kier alpha value is -2.57. The summed E-state index contributed by atoms with van der Waals surface area (Å²) in [5.41, 5.74) is 3.24. The first-order valence-electron chi connectivity index (χ1n) is 9.03. The Morgan fingerprint density at radius 1 is 1.14 bits per heavy atom. The average molecular weight is 435 g/mol. The minimum atomic E-state index is -0.674. The number of ether oxygens (including phenoxy) is 1. The second-order valence-electron chi connectivity index (χ2n) is 6.96. The van der Waals surface area contributed by atoms with Gasteiger partial charge in [0.05, 0.1) is 16.6 Å². The van der Waals surface area contributed by atoms with Crippen LogP contribution in [-0.4, -0.2) is 30.9 Å². The standard InChI is InChI=1S/C21H20Cl2N2O4/c1-12-3-5-16(7-13(12)2)24-19(26)11-29-21(28)14-8-20(27)25(10-14)18-9-15(22)4-6-17(18)23/h3-7,9,14H,8,10-11H2,1-2H3,(H,24,26)/t14-/m0/s1. The van der Waals surface area contributed by atoms with E-state index >= 15 is 0 Å². The van der Waals surface area contributed by atoms with Crippen molar-refractivity contribution in [2.75, 3.05) is 23.4 Å². The Morgan fingerprint density at radius 2 is 1.90 bits per heavy atom. The maximum absolute atomic E-state index is 12.3. The van der Waals surface area contributed by atoms with E-state index in [1.807, 2.05) is 26.0 Å². The SMILES string of the molecule is Cc1ccc(NC(=O)COC(=O)[C@H]2CC(=O)N(c3cc(Cl)ccc3Cl)C2)cc1C. The van der Waals surface area contributed by atoms with Crippen LogP contribution in [0.1, 0.15) is 17.5 Å². The van der Waals surface area contributed by atoms with E-state index in [-0.39, 0.29) is 18.9 Å². The highest BCUT2D eigenvalue weighted by molar-refractivity contribution is 6.35. The van der Waals surface area contributed by atoms with Gasteiger partial charge in [-0.2, -0.15) is 0 Å². The molecule has 3 rings (SSSR count). The van der Waals surface area contributed by atoms with Crippen LogP contribution in [0.5, 0.6) is 0 Å². The lowest BCUT2D eigenvalue weighted by molar-refractivity contribution is -0.151. The molecule has 152 valence electrons. The lowest BCUT2D eigenvalue weighted by Crippen LogP contribution is -2.28. The molecule has 0 saturated carbocycles. The average Bonchev–Trinajstić information content (AvgIpc) is 3.06. The van der Waals surface area contributed by atoms with Gasteiger partial charge in [0, 0.05) is 23.7 Å². The molecule has 1 aliphatic rings. The highest BCUT2D eigenvalue weighted by atomic mass is 35.5. The molecule has 0 aromatic heterocycles. The number of carbonyl (C=O) groups is 3. The third-order valence-corrected chi connectivity index (χ3v) is 5.35. The largest absolute Gasteiger partial charge is 0.455 e. The van der Waals surface area contributed by atoms with E-state index in [0.29, 0.717) is 21.4 Å². The van der Waals surface area contributed by atoms with Crippen LogP contribution < -0.4 is 10.2 Å². The first-order chi connectivity index (χ1) is 13.7. The van der Waals surface area contributed by atoms with Gasteiger partial charge in [-0.3, -0.25) is 14.4 Å². The minimum absolute atomic E-state index is 0.0134. The summed E-state index contributed by atoms with van der Waals surface area (Å²) in [5.74, 6) is -1.97. The number of nitrogens with one attached hydrogen (secondary N) is 1. The predicted molar refractivity (Wildman–Crippen MR) is 112 cm³/mol. The summed E-state index contributed by atoms with van der Waals surface area (Å²) < 4.78 is 5.11. The molecule has 0 aliphatic carbocycles. The van der Waals surface area contributed by atoms with Gasteiger partial charge >= 0.3 is 5.97 Å². The molecule has 1 saturated heterocycles. The number of benzene rings is 2. The number of amides is 2. The monoisotopic (exact) mass is 434 g/mol. The Bertz CT molecular complexity index is 977. The molecule has 0 unspecified atom stereocenters. The molecule has 0 spiro atoms. The van der Waals surface area contributed by atoms with E-state index in [1.165, 1.54) is 4.90 Å². The highest BCUT2D eigenvalue weighted by Crippen LogP contribution is 2.33. The number of aryl methyl sites for hydroxylation is 2. The van der Waals surface area contributed by atoms with Gasteiger partial charge in [0.25, 0.3) is 5.91 Å². The molecular weight excluding hydrogens is 415 g/mol. The number of rotatable bonds is 5. The second-order valence-corrected chi connectivity index (χ2v) is 7.80. The fourth-order valence-corrected chi connectivity index (χ4v) is 3.45. The number of anilines is 2. The Kier molecular flexibility index (Phi) is 6.45. The van der Waals surface area contributed by atoms with Gasteiger partial charge in [0.15, 0.2) is 6.61 Å². The van der Waals surface area contributed by atoms with Gasteiger partial charge in [-0.1, -0.05) is 29.3 Å². The molecule has 6 nitrogen and oxygen atoms in total. The molecule has 2 amide bonds. The van der Waals surface area contributed by atoms with Crippen molar-refractivity contribution < 1.29 is 19.1 Å². The quantitative estimate of drug-likeness (QED) is 0.717. The van der Waals surface area contributed by atoms with Crippen LogP contribution in [-0.2, 0) is 19.1 Å². The number of hydrogen-bond donors (Lipinski definition) is 1. The summed E-state index contributed by atoms with van der Waals surface area (Å²) >= 11 is 12.1. The predicted octanol–water partition coefficient (Wildman–Crippen LogP) is 4.15. The molecule has 1 aliphatic heterocycles. The fourth-order valence-electron chi connectivity index (χ4n) is 3.06. The summed E-state index contributed by atoms with van der Waals surface area (Å²) in [7, 11) is 0. The van der Waals surface area contributed by atoms with Crippen LogP contribution in [0.25, 0.3) is 0 Å². The number of carbonyl (C=O) groups excluding carboxylic acids is 3. The van der Waals surface area contributed by atoms with Crippen LogP contribution in [0.2, 0.25) is 10.0 Å². The lowest BCUT2D eigenvalue weighted by Gasteiger charge is -2.18. The van der Waals surface area contributed by atoms with Crippen molar-refractivity contribution in [2.45, 2.75) is 20.3 Å². The van der Waals surface area contributed by atoms with Crippen molar-refractivity contribution in [1.82, 2.24) is 0 Å². The van der Waals surface area contributed by atoms with Gasteiger partial charge in [-0.15, -0.1) is 0 Å². The highest BCUT2D eigenvalue weighted by Gasteiger charge is 2.37. The van der Waals surface area contributed by atoms with Gasteiger partial charge in [-0.05, 0) is 55.3 Å². The van der Waals surface area contributed by atoms with E-state index < -0.39 is 24.4 Å². The van der Waals surface area contributed by atoms with Crippen LogP contribution in [0.15, 0.2) is 36.4 Å². The maximum atomic E-state index is 12.3. The van der Waals surface area contributed by atoms with Crippen LogP contribution in [0.4, 0.5) is 11.4 Å². The summed E-state index contributed by atoms with van der Waals surface area (Å²) in [6.07, 6.45) is -0.0134. The van der Waals surface area contributed by atoms with Gasteiger partial charge in [0.1, 0.15) is 0 Å². The summed E-state index contributed by atoms with van der Waals surface area (Å²) in [6, 6.07) is 10.3. The van der Waals surface area contributed by atoms with Crippen LogP contribution in [0.3, 0.4) is 0 Å². The van der Waals surface area contributed by atoms with Gasteiger partial charge in [-0.25, -0.2) is 0 Å². The third-order valence-electron chi connectivity index (χ3n) is 4.79. The molecule has 2 aromatic rings. The van der Waals surface area contributed by atoms with Crippen molar-refractivity contribution in [2.24, 2.45) is 5.92 Å². The van der Waals surface area contributed by atoms with Gasteiger partial charge in [0.2, 0.25) is 5.91 Å². The topological polar surface area (TPSA) is 75.7 Å². The summed E-state index contributed by atoms with van der Waals surface area (Å²) in [5, 5.41) is 3.49. The first kappa shape index (κ1) is 21.1. The zero-order chi connectivity index (χ0) is 21.1. The first-order valence-corrected chi connectivity index (χ1v) is 9.79. The number of halogens is 2. The van der Waals surface area contributed by atoms with E-state index in [0.717, 1.165) is 11.1 Å². The zero-order valence-electron chi connectivity index (χ0n) is 16.0. The molecule has 1 atom stereocenters. The summed E-state index contributed by atoms with van der Waals surface area (Å²) in [4.78, 5) is 38.1. The van der Waals surface area contributed by atoms with E-state index in [1.54, 1.807) is 24.3 Å². The Balaban J connectivity index is 1.56. The number of esters is 1. The van der Waals surface area contributed by atoms with Crippen LogP contribution >= 0.6 is 23.2 Å². The molecule has 0 bridgehead atoms. The molecule has 8 heteroatoms. The number of nitrogens with zero attached hydrogens (tertiary/aromatic N) is 1. The fraction of sp³-hybridized carbons (Fsp3) is 0.286. The molecule has 2 aromatic carbocycles. The molecular formula is C21H20Cl2N2O4. The van der Waals surface area contributed by atoms with Crippen molar-refractivity contribution in [1.29, 1.82) is 0 Å². The van der Waals surface area contributed by atoms with Gasteiger partial charge < -0.3 is 15.0 Å². The van der Waals surface area contributed by atoms with Crippen molar-refractivity contribution in [3.8, 4) is 0 Å². The summed E-state index contributed by atoms with van der Waals surface area (Å²) in [6.45, 7) is 3.62. The van der Waals surface area contributed by atoms with Crippen molar-refractivity contribution in [3.63, 3.8) is 0 Å². The van der Waals surface area contributed by atoms with E-state index in [4.69, 9.17) is 27.9 Å². The normalized spacial score (nSPS) is 16.1. The third kappa shape index (κ3) is 5.08. The molecule has 0 radical (unpaired) electrons. The van der Waals surface area contributed by atoms with Crippen LogP contribution in [0, 0.1) is 19.8 Å². The van der Waals surface area contributed by atoms with Crippen molar-refractivity contribution in [3.05, 3.63) is 57.6 Å². The smallest absolute Gasteiger partial charge is 0.311 e. The lowest BCUT2D eigenvalue weighted by atomic mass is 10.1. The minimum Gasteiger partial charge on any atom is -0.455 e. The Morgan fingerprint density at radius 3 is 2.62 bits per heavy atom. The number of hydrogen-bond acceptors (Lipinski definition) is 4. The van der Waals surface area contributed by atoms with Crippen molar-refractivity contribution >= 4 is 52.4 Å². The molecule has 29 heavy (non-hydrogen) atoms. The Labute approximate surface area is 178 Å². The molecule has 1 heterocycles. The second kappa shape index (κ2) is 8.84. The van der Waals surface area contributed by atoms with E-state index in [2.05, 4.69) is 5.32 Å². The maximum Gasteiger partial charge on any atom is 0.311 e.